The van der Waals surface area contributed by atoms with E-state index in [1.165, 1.54) is 27.4 Å². The number of hydrogen-bond acceptors (Lipinski definition) is 1. The van der Waals surface area contributed by atoms with Crippen molar-refractivity contribution in [2.45, 2.75) is 59.7 Å². The molecule has 0 aliphatic rings. The van der Waals surface area contributed by atoms with Gasteiger partial charge in [0.05, 0.1) is 13.8 Å². The van der Waals surface area contributed by atoms with Crippen molar-refractivity contribution in [2.75, 3.05) is 0 Å². The molecule has 22 heavy (non-hydrogen) atoms. The molecule has 0 atom stereocenters. The Morgan fingerprint density at radius 1 is 0.864 bits per heavy atom. The average Bonchev–Trinajstić information content (AvgIpc) is 2.34. The Morgan fingerprint density at radius 2 is 1.41 bits per heavy atom. The highest BCUT2D eigenvalue weighted by molar-refractivity contribution is 6.89. The minimum atomic E-state index is -1.40. The Labute approximate surface area is 136 Å². The van der Waals surface area contributed by atoms with E-state index in [4.69, 9.17) is 4.98 Å². The minimum absolute atomic E-state index is 0.145. The number of aromatic nitrogens is 1. The number of nitrogens with zero attached hydrogens (tertiary/aromatic N) is 1. The second kappa shape index (κ2) is 5.66. The van der Waals surface area contributed by atoms with Gasteiger partial charge in [-0.3, -0.25) is 4.98 Å². The predicted molar refractivity (Wildman–Crippen MR) is 101 cm³/mol. The fourth-order valence-electron chi connectivity index (χ4n) is 2.95. The summed E-state index contributed by atoms with van der Waals surface area (Å²) in [6.45, 7) is 18.4. The van der Waals surface area contributed by atoms with Gasteiger partial charge in [-0.25, -0.2) is 0 Å². The molecule has 0 bridgehead atoms. The van der Waals surface area contributed by atoms with Crippen LogP contribution < -0.4 is 5.19 Å². The molecule has 0 radical (unpaired) electrons. The summed E-state index contributed by atoms with van der Waals surface area (Å²) in [7, 11) is -1.40. The number of aryl methyl sites for hydroxylation is 2. The zero-order valence-electron chi connectivity index (χ0n) is 15.3. The van der Waals surface area contributed by atoms with Crippen molar-refractivity contribution >= 4 is 13.3 Å². The van der Waals surface area contributed by atoms with Crippen LogP contribution in [0.5, 0.6) is 0 Å². The summed E-state index contributed by atoms with van der Waals surface area (Å²) in [6.07, 6.45) is 2.14. The third-order valence-corrected chi connectivity index (χ3v) is 6.05. The number of hydrogen-bond donors (Lipinski definition) is 0. The third kappa shape index (κ3) is 3.67. The molecule has 0 N–H and O–H groups in total. The first-order chi connectivity index (χ1) is 9.98. The van der Waals surface area contributed by atoms with Crippen molar-refractivity contribution in [3.8, 4) is 11.3 Å². The molecule has 2 aromatic rings. The number of benzene rings is 1. The van der Waals surface area contributed by atoms with Crippen LogP contribution in [0.4, 0.5) is 0 Å². The van der Waals surface area contributed by atoms with Crippen molar-refractivity contribution < 1.29 is 0 Å². The zero-order chi connectivity index (χ0) is 16.7. The summed E-state index contributed by atoms with van der Waals surface area (Å²) in [6, 6.07) is 9.00. The summed E-state index contributed by atoms with van der Waals surface area (Å²) >= 11 is 0. The van der Waals surface area contributed by atoms with Gasteiger partial charge in [0.1, 0.15) is 0 Å². The maximum Gasteiger partial charge on any atom is 0.0800 e. The first-order valence-corrected chi connectivity index (χ1v) is 11.6. The second-order valence-corrected chi connectivity index (χ2v) is 13.5. The zero-order valence-corrected chi connectivity index (χ0v) is 16.3. The Bertz CT molecular complexity index is 668. The summed E-state index contributed by atoms with van der Waals surface area (Å²) in [5.41, 5.74) is 6.51. The standard InChI is InChI=1S/C20H29NSi/c1-14-9-15(2)11-16(10-14)18-12-17(20(3,4)5)19(13-21-18)22(6,7)8/h9-13H,1-8H3. The molecular formula is C20H29NSi. The first-order valence-electron chi connectivity index (χ1n) is 8.08. The average molecular weight is 312 g/mol. The van der Waals surface area contributed by atoms with Gasteiger partial charge in [0.15, 0.2) is 0 Å². The lowest BCUT2D eigenvalue weighted by Crippen LogP contribution is -2.43. The van der Waals surface area contributed by atoms with Gasteiger partial charge in [0.25, 0.3) is 0 Å². The van der Waals surface area contributed by atoms with Crippen LogP contribution in [-0.4, -0.2) is 13.1 Å². The molecule has 0 amide bonds. The smallest absolute Gasteiger partial charge is 0.0800 e. The van der Waals surface area contributed by atoms with E-state index in [1.807, 2.05) is 0 Å². The van der Waals surface area contributed by atoms with Crippen molar-refractivity contribution in [3.05, 3.63) is 47.2 Å². The predicted octanol–water partition coefficient (Wildman–Crippen LogP) is 5.21. The van der Waals surface area contributed by atoms with Gasteiger partial charge in [0.2, 0.25) is 0 Å². The lowest BCUT2D eigenvalue weighted by molar-refractivity contribution is 0.593. The highest BCUT2D eigenvalue weighted by atomic mass is 28.3. The van der Waals surface area contributed by atoms with E-state index in [9.17, 15) is 0 Å². The van der Waals surface area contributed by atoms with E-state index >= 15 is 0 Å². The van der Waals surface area contributed by atoms with Crippen LogP contribution in [0.1, 0.15) is 37.5 Å². The maximum atomic E-state index is 4.81. The van der Waals surface area contributed by atoms with Gasteiger partial charge in [0, 0.05) is 11.8 Å². The Morgan fingerprint density at radius 3 is 1.86 bits per heavy atom. The highest BCUT2D eigenvalue weighted by Gasteiger charge is 2.27. The molecule has 1 nitrogen and oxygen atoms in total. The fraction of sp³-hybridized carbons (Fsp3) is 0.450. The van der Waals surface area contributed by atoms with E-state index in [0.717, 1.165) is 5.69 Å². The molecule has 118 valence electrons. The van der Waals surface area contributed by atoms with E-state index in [1.54, 1.807) is 0 Å². The Hall–Kier alpha value is -1.41. The van der Waals surface area contributed by atoms with Gasteiger partial charge in [-0.2, -0.15) is 0 Å². The molecule has 0 saturated heterocycles. The van der Waals surface area contributed by atoms with Gasteiger partial charge < -0.3 is 0 Å². The molecule has 0 fully saturated rings. The van der Waals surface area contributed by atoms with Crippen molar-refractivity contribution in [1.29, 1.82) is 0 Å². The van der Waals surface area contributed by atoms with E-state index in [2.05, 4.69) is 84.7 Å². The molecule has 0 aliphatic heterocycles. The van der Waals surface area contributed by atoms with E-state index in [0.29, 0.717) is 0 Å². The monoisotopic (exact) mass is 311 g/mol. The SMILES string of the molecule is Cc1cc(C)cc(-c2cc(C(C)(C)C)c([Si](C)(C)C)cn2)c1. The molecule has 2 heteroatoms. The van der Waals surface area contributed by atoms with Crippen molar-refractivity contribution in [2.24, 2.45) is 0 Å². The van der Waals surface area contributed by atoms with Gasteiger partial charge >= 0.3 is 0 Å². The molecular weight excluding hydrogens is 282 g/mol. The van der Waals surface area contributed by atoms with Gasteiger partial charge in [-0.05, 0) is 48.2 Å². The van der Waals surface area contributed by atoms with Crippen LogP contribution in [-0.2, 0) is 5.41 Å². The van der Waals surface area contributed by atoms with E-state index in [-0.39, 0.29) is 5.41 Å². The molecule has 1 aromatic carbocycles. The second-order valence-electron chi connectivity index (χ2n) is 8.49. The largest absolute Gasteiger partial charge is 0.256 e. The lowest BCUT2D eigenvalue weighted by Gasteiger charge is -2.29. The van der Waals surface area contributed by atoms with Crippen LogP contribution in [0.15, 0.2) is 30.5 Å². The van der Waals surface area contributed by atoms with Crippen LogP contribution in [0.2, 0.25) is 19.6 Å². The molecule has 1 aromatic heterocycles. The quantitative estimate of drug-likeness (QED) is 0.694. The van der Waals surface area contributed by atoms with Crippen LogP contribution in [0.3, 0.4) is 0 Å². The summed E-state index contributed by atoms with van der Waals surface area (Å²) in [5, 5.41) is 1.48. The molecule has 0 unspecified atom stereocenters. The molecule has 0 spiro atoms. The van der Waals surface area contributed by atoms with Crippen LogP contribution >= 0.6 is 0 Å². The van der Waals surface area contributed by atoms with Crippen LogP contribution in [0, 0.1) is 13.8 Å². The van der Waals surface area contributed by atoms with Gasteiger partial charge in [-0.1, -0.05) is 57.6 Å². The van der Waals surface area contributed by atoms with E-state index < -0.39 is 8.07 Å². The topological polar surface area (TPSA) is 12.9 Å². The summed E-state index contributed by atoms with van der Waals surface area (Å²) in [4.78, 5) is 4.81. The summed E-state index contributed by atoms with van der Waals surface area (Å²) < 4.78 is 0. The normalized spacial score (nSPS) is 12.5. The highest BCUT2D eigenvalue weighted by Crippen LogP contribution is 2.27. The van der Waals surface area contributed by atoms with Crippen molar-refractivity contribution in [3.63, 3.8) is 0 Å². The Balaban J connectivity index is 2.66. The molecule has 0 saturated carbocycles. The first kappa shape index (κ1) is 16.9. The fourth-order valence-corrected chi connectivity index (χ4v) is 4.66. The summed E-state index contributed by atoms with van der Waals surface area (Å²) in [5.74, 6) is 0. The number of rotatable bonds is 2. The number of pyridine rings is 1. The molecule has 0 aliphatic carbocycles. The Kier molecular flexibility index (Phi) is 4.36. The van der Waals surface area contributed by atoms with Crippen LogP contribution in [0.25, 0.3) is 11.3 Å². The maximum absolute atomic E-state index is 4.81. The third-order valence-electron chi connectivity index (χ3n) is 4.04. The van der Waals surface area contributed by atoms with Gasteiger partial charge in [-0.15, -0.1) is 0 Å². The lowest BCUT2D eigenvalue weighted by atomic mass is 9.86. The minimum Gasteiger partial charge on any atom is -0.256 e. The molecule has 1 heterocycles. The molecule has 2 rings (SSSR count). The van der Waals surface area contributed by atoms with Crippen molar-refractivity contribution in [1.82, 2.24) is 4.98 Å².